The van der Waals surface area contributed by atoms with Crippen molar-refractivity contribution in [3.05, 3.63) is 58.7 Å². The Labute approximate surface area is 196 Å². The maximum atomic E-state index is 13.8. The Hall–Kier alpha value is -3.72. The first kappa shape index (κ1) is 22.1. The molecule has 176 valence electrons. The van der Waals surface area contributed by atoms with Gasteiger partial charge in [-0.2, -0.15) is 0 Å². The van der Waals surface area contributed by atoms with E-state index in [1.54, 1.807) is 31.4 Å². The second kappa shape index (κ2) is 7.66. The van der Waals surface area contributed by atoms with E-state index < -0.39 is 47.0 Å². The highest BCUT2D eigenvalue weighted by atomic mass is 16.5. The van der Waals surface area contributed by atoms with Gasteiger partial charge in [-0.25, -0.2) is 0 Å². The van der Waals surface area contributed by atoms with E-state index in [0.29, 0.717) is 17.0 Å². The van der Waals surface area contributed by atoms with E-state index in [9.17, 15) is 19.2 Å². The lowest BCUT2D eigenvalue weighted by atomic mass is 9.76. The van der Waals surface area contributed by atoms with Crippen molar-refractivity contribution in [2.45, 2.75) is 38.4 Å². The summed E-state index contributed by atoms with van der Waals surface area (Å²) in [6.45, 7) is 3.90. The van der Waals surface area contributed by atoms with Crippen LogP contribution in [0.4, 0.5) is 5.69 Å². The van der Waals surface area contributed by atoms with Crippen LogP contribution in [0, 0.1) is 25.7 Å². The van der Waals surface area contributed by atoms with Crippen LogP contribution in [-0.2, 0) is 31.3 Å². The zero-order valence-corrected chi connectivity index (χ0v) is 19.2. The lowest BCUT2D eigenvalue weighted by Gasteiger charge is -2.29. The smallest absolute Gasteiger partial charge is 0.250 e. The number of hydrogen-bond donors (Lipinski definition) is 3. The Bertz CT molecular complexity index is 1240. The van der Waals surface area contributed by atoms with Gasteiger partial charge in [0.25, 0.3) is 0 Å². The Balaban J connectivity index is 1.59. The third kappa shape index (κ3) is 2.96. The molecule has 2 aromatic carbocycles. The van der Waals surface area contributed by atoms with Crippen molar-refractivity contribution in [3.63, 3.8) is 0 Å². The maximum Gasteiger partial charge on any atom is 0.250 e. The number of rotatable bonds is 5. The first-order chi connectivity index (χ1) is 16.2. The van der Waals surface area contributed by atoms with Crippen LogP contribution < -0.4 is 21.1 Å². The van der Waals surface area contributed by atoms with Crippen molar-refractivity contribution in [1.29, 1.82) is 0 Å². The van der Waals surface area contributed by atoms with Gasteiger partial charge in [0.15, 0.2) is 0 Å². The summed E-state index contributed by atoms with van der Waals surface area (Å²) in [5.74, 6) is -3.05. The largest absolute Gasteiger partial charge is 0.497 e. The van der Waals surface area contributed by atoms with Crippen LogP contribution >= 0.6 is 0 Å². The minimum absolute atomic E-state index is 0.0649. The van der Waals surface area contributed by atoms with Crippen LogP contribution in [0.25, 0.3) is 0 Å². The van der Waals surface area contributed by atoms with Gasteiger partial charge in [0.05, 0.1) is 25.5 Å². The van der Waals surface area contributed by atoms with Gasteiger partial charge in [-0.1, -0.05) is 24.3 Å². The van der Waals surface area contributed by atoms with E-state index >= 15 is 0 Å². The zero-order chi connectivity index (χ0) is 24.4. The summed E-state index contributed by atoms with van der Waals surface area (Å²) in [5, 5.41) is 6.14. The highest BCUT2D eigenvalue weighted by Gasteiger charge is 2.70. The normalized spacial score (nSPS) is 27.2. The molecule has 2 fully saturated rings. The molecule has 4 atom stereocenters. The summed E-state index contributed by atoms with van der Waals surface area (Å²) in [4.78, 5) is 53.9. The average molecular weight is 463 g/mol. The predicted octanol–water partition coefficient (Wildman–Crippen LogP) is 1.11. The van der Waals surface area contributed by atoms with Crippen molar-refractivity contribution in [1.82, 2.24) is 10.2 Å². The van der Waals surface area contributed by atoms with Crippen LogP contribution in [0.3, 0.4) is 0 Å². The van der Waals surface area contributed by atoms with Gasteiger partial charge in [-0.15, -0.1) is 0 Å². The van der Waals surface area contributed by atoms with Crippen LogP contribution in [0.1, 0.15) is 28.7 Å². The Morgan fingerprint density at radius 1 is 1.09 bits per heavy atom. The Morgan fingerprint density at radius 3 is 2.44 bits per heavy atom. The highest BCUT2D eigenvalue weighted by Crippen LogP contribution is 2.54. The number of nitrogens with zero attached hydrogens (tertiary/aromatic N) is 1. The van der Waals surface area contributed by atoms with Gasteiger partial charge in [-0.3, -0.25) is 29.4 Å². The number of fused-ring (bicyclic) bond motifs is 4. The first-order valence-corrected chi connectivity index (χ1v) is 11.1. The summed E-state index contributed by atoms with van der Waals surface area (Å²) in [6.07, 6.45) is -0.161. The molecule has 9 heteroatoms. The molecule has 0 aliphatic carbocycles. The summed E-state index contributed by atoms with van der Waals surface area (Å²) < 4.78 is 5.18. The molecule has 9 nitrogen and oxygen atoms in total. The van der Waals surface area contributed by atoms with Crippen LogP contribution in [0.2, 0.25) is 0 Å². The van der Waals surface area contributed by atoms with Crippen molar-refractivity contribution >= 4 is 29.3 Å². The van der Waals surface area contributed by atoms with Gasteiger partial charge in [0.1, 0.15) is 11.3 Å². The molecule has 0 aromatic heterocycles. The molecule has 0 bridgehead atoms. The van der Waals surface area contributed by atoms with Crippen LogP contribution in [0.5, 0.6) is 5.75 Å². The molecular weight excluding hydrogens is 436 g/mol. The number of carbonyl (C=O) groups is 4. The van der Waals surface area contributed by atoms with E-state index in [1.165, 1.54) is 4.90 Å². The van der Waals surface area contributed by atoms with Gasteiger partial charge < -0.3 is 15.8 Å². The molecule has 4 N–H and O–H groups in total. The Morgan fingerprint density at radius 2 is 1.79 bits per heavy atom. The van der Waals surface area contributed by atoms with Crippen molar-refractivity contribution < 1.29 is 23.9 Å². The number of methoxy groups -OCH3 is 1. The molecule has 2 aromatic rings. The second-order valence-corrected chi connectivity index (χ2v) is 9.23. The topological polar surface area (TPSA) is 131 Å². The summed E-state index contributed by atoms with van der Waals surface area (Å²) >= 11 is 0. The predicted molar refractivity (Wildman–Crippen MR) is 122 cm³/mol. The minimum Gasteiger partial charge on any atom is -0.497 e. The standard InChI is InChI=1S/C25H26N4O5/c1-12-4-9-16-21(13(12)2)27-24(33)25(16)20-19(17(28-25)10-18(26)30)22(31)29(23(20)32)11-14-5-7-15(34-3)8-6-14/h4-9,17,19-20,28H,10-11H2,1-3H3,(H2,26,30)(H,27,33)/t17-,19+,20+,25+/m0/s1. The fourth-order valence-electron chi connectivity index (χ4n) is 5.64. The second-order valence-electron chi connectivity index (χ2n) is 9.23. The SMILES string of the molecule is COc1ccc(CN2C(=O)[C@@H]3[C@H](CC(N)=O)N[C@@]4(C(=O)Nc5c4ccc(C)c5C)[C@H]3C2=O)cc1. The minimum atomic E-state index is -1.44. The lowest BCUT2D eigenvalue weighted by molar-refractivity contribution is -0.143. The molecule has 1 spiro atoms. The van der Waals surface area contributed by atoms with Crippen molar-refractivity contribution in [3.8, 4) is 5.75 Å². The number of nitrogens with two attached hydrogens (primary N) is 1. The lowest BCUT2D eigenvalue weighted by Crippen LogP contribution is -2.53. The van der Waals surface area contributed by atoms with Gasteiger partial charge in [0, 0.05) is 23.7 Å². The Kier molecular flexibility index (Phi) is 4.98. The number of aryl methyl sites for hydroxylation is 1. The van der Waals surface area contributed by atoms with E-state index in [1.807, 2.05) is 26.0 Å². The number of anilines is 1. The molecule has 3 aliphatic heterocycles. The summed E-state index contributed by atoms with van der Waals surface area (Å²) in [6, 6.07) is 10.1. The molecule has 4 amide bonds. The van der Waals surface area contributed by atoms with Crippen molar-refractivity contribution in [2.75, 3.05) is 12.4 Å². The van der Waals surface area contributed by atoms with Crippen LogP contribution in [-0.4, -0.2) is 41.7 Å². The zero-order valence-electron chi connectivity index (χ0n) is 19.2. The molecule has 3 aliphatic rings. The van der Waals surface area contributed by atoms with E-state index in [0.717, 1.165) is 16.7 Å². The number of carbonyl (C=O) groups excluding carboxylic acids is 4. The number of imide groups is 1. The molecule has 2 saturated heterocycles. The number of amides is 4. The molecule has 0 unspecified atom stereocenters. The fourth-order valence-corrected chi connectivity index (χ4v) is 5.64. The number of benzene rings is 2. The quantitative estimate of drug-likeness (QED) is 0.571. The van der Waals surface area contributed by atoms with Crippen LogP contribution in [0.15, 0.2) is 36.4 Å². The average Bonchev–Trinajstić information content (AvgIpc) is 3.37. The number of ether oxygens (including phenoxy) is 1. The molecular formula is C25H26N4O5. The van der Waals surface area contributed by atoms with E-state index in [-0.39, 0.29) is 13.0 Å². The van der Waals surface area contributed by atoms with Gasteiger partial charge >= 0.3 is 0 Å². The fraction of sp³-hybridized carbons (Fsp3) is 0.360. The van der Waals surface area contributed by atoms with Gasteiger partial charge in [-0.05, 0) is 42.7 Å². The highest BCUT2D eigenvalue weighted by molar-refractivity contribution is 6.15. The third-order valence-corrected chi connectivity index (χ3v) is 7.43. The molecule has 5 rings (SSSR count). The molecule has 0 radical (unpaired) electrons. The van der Waals surface area contributed by atoms with E-state index in [2.05, 4.69) is 10.6 Å². The molecule has 34 heavy (non-hydrogen) atoms. The summed E-state index contributed by atoms with van der Waals surface area (Å²) in [7, 11) is 1.56. The number of hydrogen-bond acceptors (Lipinski definition) is 6. The number of likely N-dealkylation sites (tertiary alicyclic amines) is 1. The van der Waals surface area contributed by atoms with E-state index in [4.69, 9.17) is 10.5 Å². The molecule has 0 saturated carbocycles. The molecule has 3 heterocycles. The first-order valence-electron chi connectivity index (χ1n) is 11.1. The third-order valence-electron chi connectivity index (χ3n) is 7.43. The van der Waals surface area contributed by atoms with Crippen molar-refractivity contribution in [2.24, 2.45) is 17.6 Å². The summed E-state index contributed by atoms with van der Waals surface area (Å²) in [5.41, 5.74) is 7.94. The van der Waals surface area contributed by atoms with Gasteiger partial charge in [0.2, 0.25) is 23.6 Å². The number of nitrogens with one attached hydrogen (secondary N) is 2. The number of primary amides is 1. The maximum absolute atomic E-state index is 13.8. The monoisotopic (exact) mass is 462 g/mol.